The summed E-state index contributed by atoms with van der Waals surface area (Å²) >= 11 is 0. The second kappa shape index (κ2) is 12.1. The number of rotatable bonds is 8. The molecule has 1 aromatic carbocycles. The Morgan fingerprint density at radius 2 is 1.65 bits per heavy atom. The molecule has 3 rings (SSSR count). The first kappa shape index (κ1) is 29.4. The summed E-state index contributed by atoms with van der Waals surface area (Å²) in [5.41, 5.74) is 0.395. The van der Waals surface area contributed by atoms with E-state index in [1.165, 1.54) is 16.4 Å². The van der Waals surface area contributed by atoms with Crippen LogP contribution in [0.4, 0.5) is 26.7 Å². The monoisotopic (exact) mass is 558 g/mol. The van der Waals surface area contributed by atoms with E-state index >= 15 is 0 Å². The third kappa shape index (κ3) is 7.66. The van der Waals surface area contributed by atoms with Crippen molar-refractivity contribution in [3.8, 4) is 5.75 Å². The lowest BCUT2D eigenvalue weighted by atomic mass is 9.90. The van der Waals surface area contributed by atoms with E-state index < -0.39 is 51.9 Å². The Balaban J connectivity index is 1.54. The van der Waals surface area contributed by atoms with Crippen LogP contribution in [0, 0.1) is 11.6 Å². The molecule has 0 bridgehead atoms. The van der Waals surface area contributed by atoms with E-state index in [1.54, 1.807) is 0 Å². The number of piperidine rings is 2. The summed E-state index contributed by atoms with van der Waals surface area (Å²) in [5, 5.41) is 8.86. The van der Waals surface area contributed by atoms with E-state index in [-0.39, 0.29) is 63.7 Å². The van der Waals surface area contributed by atoms with Crippen LogP contribution in [0.3, 0.4) is 0 Å². The predicted octanol–water partition coefficient (Wildman–Crippen LogP) is 3.79. The predicted molar refractivity (Wildman–Crippen MR) is 123 cm³/mol. The van der Waals surface area contributed by atoms with E-state index in [1.807, 2.05) is 0 Å². The van der Waals surface area contributed by atoms with E-state index in [0.29, 0.717) is 18.4 Å². The van der Waals surface area contributed by atoms with Crippen LogP contribution in [0.1, 0.15) is 50.5 Å². The van der Waals surface area contributed by atoms with Crippen molar-refractivity contribution in [3.05, 3.63) is 29.3 Å². The van der Waals surface area contributed by atoms with Gasteiger partial charge in [0, 0.05) is 45.6 Å². The Hall–Kier alpha value is -2.19. The van der Waals surface area contributed by atoms with Gasteiger partial charge in [0.15, 0.2) is 23.5 Å². The van der Waals surface area contributed by atoms with Crippen LogP contribution in [0.5, 0.6) is 5.75 Å². The van der Waals surface area contributed by atoms with Crippen molar-refractivity contribution in [2.45, 2.75) is 63.3 Å². The molecule has 0 aliphatic carbocycles. The fourth-order valence-electron chi connectivity index (χ4n) is 4.39. The van der Waals surface area contributed by atoms with Crippen molar-refractivity contribution in [1.29, 1.82) is 0 Å². The molecule has 37 heavy (non-hydrogen) atoms. The molecular weight excluding hydrogens is 527 g/mol. The average molecular weight is 559 g/mol. The molecule has 1 aromatic rings. The Labute approximate surface area is 212 Å². The summed E-state index contributed by atoms with van der Waals surface area (Å²) in [6.07, 6.45) is -7.47. The van der Waals surface area contributed by atoms with Gasteiger partial charge in [0.05, 0.1) is 5.75 Å². The number of aliphatic hydroxyl groups is 1. The first-order valence-corrected chi connectivity index (χ1v) is 13.7. The Kier molecular flexibility index (Phi) is 9.62. The molecule has 1 N–H and O–H groups in total. The first-order valence-electron chi connectivity index (χ1n) is 12.1. The standard InChI is InChI=1S/C23H31F5N2O6S/c1-15(23(26,27)28)35-22(32)29-7-5-18(6-8-29)36-21-19(24)13-17(14-20(21)25)16-3-9-30(10-4-16)37(33,34)12-2-11-31/h13-16,18,31H,2-12H2,1H3. The van der Waals surface area contributed by atoms with Gasteiger partial charge < -0.3 is 19.5 Å². The maximum atomic E-state index is 14.8. The number of sulfonamides is 1. The molecule has 0 radical (unpaired) electrons. The van der Waals surface area contributed by atoms with E-state index in [9.17, 15) is 35.2 Å². The van der Waals surface area contributed by atoms with Gasteiger partial charge in [-0.25, -0.2) is 26.3 Å². The Bertz CT molecular complexity index is 1020. The van der Waals surface area contributed by atoms with Crippen LogP contribution in [-0.4, -0.2) is 85.7 Å². The van der Waals surface area contributed by atoms with Crippen LogP contribution >= 0.6 is 0 Å². The lowest BCUT2D eigenvalue weighted by molar-refractivity contribution is -0.200. The molecular formula is C23H31F5N2O6S. The zero-order valence-corrected chi connectivity index (χ0v) is 21.2. The molecule has 2 saturated heterocycles. The number of ether oxygens (including phenoxy) is 2. The zero-order chi connectivity index (χ0) is 27.4. The maximum absolute atomic E-state index is 14.8. The fraction of sp³-hybridized carbons (Fsp3) is 0.696. The van der Waals surface area contributed by atoms with Crippen molar-refractivity contribution in [3.63, 3.8) is 0 Å². The fourth-order valence-corrected chi connectivity index (χ4v) is 5.91. The Morgan fingerprint density at radius 1 is 1.08 bits per heavy atom. The molecule has 8 nitrogen and oxygen atoms in total. The van der Waals surface area contributed by atoms with Gasteiger partial charge in [0.25, 0.3) is 0 Å². The number of alkyl halides is 3. The van der Waals surface area contributed by atoms with E-state index in [4.69, 9.17) is 9.84 Å². The van der Waals surface area contributed by atoms with Crippen LogP contribution in [0.25, 0.3) is 0 Å². The summed E-state index contributed by atoms with van der Waals surface area (Å²) in [6.45, 7) is 0.943. The van der Waals surface area contributed by atoms with Crippen molar-refractivity contribution in [2.75, 3.05) is 38.5 Å². The maximum Gasteiger partial charge on any atom is 0.425 e. The van der Waals surface area contributed by atoms with Gasteiger partial charge in [-0.2, -0.15) is 13.2 Å². The minimum Gasteiger partial charge on any atom is -0.484 e. The number of hydrogen-bond donors (Lipinski definition) is 1. The zero-order valence-electron chi connectivity index (χ0n) is 20.3. The van der Waals surface area contributed by atoms with Gasteiger partial charge in [-0.3, -0.25) is 0 Å². The number of carbonyl (C=O) groups is 1. The third-order valence-corrected chi connectivity index (χ3v) is 8.58. The normalized spacial score (nSPS) is 19.6. The summed E-state index contributed by atoms with van der Waals surface area (Å²) < 4.78 is 103. The van der Waals surface area contributed by atoms with E-state index in [2.05, 4.69) is 4.74 Å². The first-order chi connectivity index (χ1) is 17.3. The third-order valence-electron chi connectivity index (χ3n) is 6.62. The van der Waals surface area contributed by atoms with Crippen molar-refractivity contribution >= 4 is 16.1 Å². The number of benzene rings is 1. The van der Waals surface area contributed by atoms with Gasteiger partial charge in [-0.1, -0.05) is 0 Å². The van der Waals surface area contributed by atoms with E-state index in [0.717, 1.165) is 11.8 Å². The Morgan fingerprint density at radius 3 is 2.16 bits per heavy atom. The van der Waals surface area contributed by atoms with Gasteiger partial charge in [-0.15, -0.1) is 0 Å². The number of carbonyl (C=O) groups excluding carboxylic acids is 1. The molecule has 1 unspecified atom stereocenters. The summed E-state index contributed by atoms with van der Waals surface area (Å²) in [7, 11) is -3.49. The van der Waals surface area contributed by atoms with Gasteiger partial charge in [0.2, 0.25) is 10.0 Å². The number of aliphatic hydroxyl groups excluding tert-OH is 1. The minimum absolute atomic E-state index is 0.00911. The number of likely N-dealkylation sites (tertiary alicyclic amines) is 1. The molecule has 0 saturated carbocycles. The highest BCUT2D eigenvalue weighted by atomic mass is 32.2. The number of halogens is 5. The van der Waals surface area contributed by atoms with Crippen molar-refractivity contribution in [1.82, 2.24) is 9.21 Å². The molecule has 2 heterocycles. The van der Waals surface area contributed by atoms with Crippen molar-refractivity contribution in [2.24, 2.45) is 0 Å². The summed E-state index contributed by atoms with van der Waals surface area (Å²) in [5.74, 6) is -2.78. The molecule has 2 fully saturated rings. The highest BCUT2D eigenvalue weighted by Crippen LogP contribution is 2.34. The summed E-state index contributed by atoms with van der Waals surface area (Å²) in [4.78, 5) is 13.0. The molecule has 1 amide bonds. The second-order valence-corrected chi connectivity index (χ2v) is 11.3. The van der Waals surface area contributed by atoms with Crippen LogP contribution in [-0.2, 0) is 14.8 Å². The number of nitrogens with zero attached hydrogens (tertiary/aromatic N) is 2. The smallest absolute Gasteiger partial charge is 0.425 e. The molecule has 0 aromatic heterocycles. The van der Waals surface area contributed by atoms with Gasteiger partial charge in [-0.05, 0) is 49.8 Å². The molecule has 2 aliphatic heterocycles. The lowest BCUT2D eigenvalue weighted by Crippen LogP contribution is -2.44. The molecule has 0 spiro atoms. The molecule has 14 heteroatoms. The van der Waals surface area contributed by atoms with Gasteiger partial charge in [0.1, 0.15) is 6.10 Å². The highest BCUT2D eigenvalue weighted by molar-refractivity contribution is 7.89. The molecule has 210 valence electrons. The topological polar surface area (TPSA) is 96.4 Å². The minimum atomic E-state index is -4.67. The highest BCUT2D eigenvalue weighted by Gasteiger charge is 2.40. The van der Waals surface area contributed by atoms with Crippen LogP contribution < -0.4 is 4.74 Å². The van der Waals surface area contributed by atoms with Crippen molar-refractivity contribution < 1.29 is 49.7 Å². The number of hydrogen-bond acceptors (Lipinski definition) is 6. The average Bonchev–Trinajstić information content (AvgIpc) is 2.84. The molecule has 1 atom stereocenters. The quantitative estimate of drug-likeness (QED) is 0.488. The molecule has 2 aliphatic rings. The SMILES string of the molecule is CC(OC(=O)N1CCC(Oc2c(F)cc(C3CCN(S(=O)(=O)CCCO)CC3)cc2F)CC1)C(F)(F)F. The van der Waals surface area contributed by atoms with Crippen LogP contribution in [0.15, 0.2) is 12.1 Å². The second-order valence-electron chi connectivity index (χ2n) is 9.25. The number of amides is 1. The lowest BCUT2D eigenvalue weighted by Gasteiger charge is -2.33. The van der Waals surface area contributed by atoms with Gasteiger partial charge >= 0.3 is 12.3 Å². The summed E-state index contributed by atoms with van der Waals surface area (Å²) in [6, 6.07) is 2.34. The largest absolute Gasteiger partial charge is 0.484 e. The van der Waals surface area contributed by atoms with Crippen LogP contribution in [0.2, 0.25) is 0 Å².